The van der Waals surface area contributed by atoms with Gasteiger partial charge in [0.1, 0.15) is 13.2 Å². The Labute approximate surface area is 459 Å². The SMILES string of the molecule is CC/C=C\C/C=C\C/C=C\C/C=C\CCCCCCCCCCCCC(=O)OC(COC(=O)CCCCCCCC)COC(=O)CCCCCCCCCCCCCCCCC/C=C\C/C=C\CCCCCCC. The van der Waals surface area contributed by atoms with Crippen molar-refractivity contribution >= 4 is 17.9 Å². The van der Waals surface area contributed by atoms with Crippen LogP contribution in [0.2, 0.25) is 0 Å². The van der Waals surface area contributed by atoms with Crippen LogP contribution in [0.5, 0.6) is 0 Å². The summed E-state index contributed by atoms with van der Waals surface area (Å²) in [4.78, 5) is 38.0. The number of ether oxygens (including phenoxy) is 3. The minimum absolute atomic E-state index is 0.0745. The van der Waals surface area contributed by atoms with Gasteiger partial charge < -0.3 is 14.2 Å². The van der Waals surface area contributed by atoms with Gasteiger partial charge in [0.25, 0.3) is 0 Å². The van der Waals surface area contributed by atoms with Crippen molar-refractivity contribution in [1.29, 1.82) is 0 Å². The molecule has 0 saturated heterocycles. The van der Waals surface area contributed by atoms with Crippen molar-refractivity contribution in [2.75, 3.05) is 13.2 Å². The van der Waals surface area contributed by atoms with Crippen LogP contribution in [-0.2, 0) is 28.6 Å². The van der Waals surface area contributed by atoms with Crippen LogP contribution in [0.15, 0.2) is 72.9 Å². The molecule has 0 spiro atoms. The maximum Gasteiger partial charge on any atom is 0.306 e. The standard InChI is InChI=1S/C68H120O6/c1-4-7-10-13-16-18-20-22-24-26-28-30-32-33-34-35-37-38-40-42-44-46-48-50-52-55-58-61-67(70)73-64-65(63-72-66(69)60-57-54-15-12-9-6-3)74-68(71)62-59-56-53-51-49-47-45-43-41-39-36-31-29-27-25-23-21-19-17-14-11-8-5-2/h8,11,17,19-20,22-23,25-26,28-29,31,65H,4-7,9-10,12-16,18,21,24,27,30,32-64H2,1-3H3/b11-8-,19-17-,22-20-,25-23-,28-26-,31-29-. The Kier molecular flexibility index (Phi) is 59.7. The molecule has 0 aliphatic carbocycles. The minimum Gasteiger partial charge on any atom is -0.462 e. The van der Waals surface area contributed by atoms with Gasteiger partial charge in [-0.3, -0.25) is 14.4 Å². The molecule has 0 N–H and O–H groups in total. The Morgan fingerprint density at radius 1 is 0.284 bits per heavy atom. The van der Waals surface area contributed by atoms with Crippen LogP contribution in [0, 0.1) is 0 Å². The van der Waals surface area contributed by atoms with Gasteiger partial charge in [0.05, 0.1) is 0 Å². The minimum atomic E-state index is -0.774. The molecule has 0 radical (unpaired) electrons. The largest absolute Gasteiger partial charge is 0.462 e. The Hall–Kier alpha value is -3.15. The number of hydrogen-bond donors (Lipinski definition) is 0. The zero-order chi connectivity index (χ0) is 53.6. The maximum absolute atomic E-state index is 12.8. The lowest BCUT2D eigenvalue weighted by Gasteiger charge is -2.18. The summed E-state index contributed by atoms with van der Waals surface area (Å²) in [5, 5.41) is 0. The van der Waals surface area contributed by atoms with Crippen molar-refractivity contribution in [3.05, 3.63) is 72.9 Å². The van der Waals surface area contributed by atoms with Crippen molar-refractivity contribution in [2.24, 2.45) is 0 Å². The summed E-state index contributed by atoms with van der Waals surface area (Å²) in [7, 11) is 0. The van der Waals surface area contributed by atoms with Crippen LogP contribution < -0.4 is 0 Å². The first-order valence-corrected chi connectivity index (χ1v) is 31.9. The summed E-state index contributed by atoms with van der Waals surface area (Å²) in [6.45, 7) is 6.49. The highest BCUT2D eigenvalue weighted by atomic mass is 16.6. The van der Waals surface area contributed by atoms with Gasteiger partial charge in [-0.25, -0.2) is 0 Å². The maximum atomic E-state index is 12.8. The number of rotatable bonds is 58. The Morgan fingerprint density at radius 3 is 0.824 bits per heavy atom. The van der Waals surface area contributed by atoms with E-state index in [0.29, 0.717) is 19.3 Å². The summed E-state index contributed by atoms with van der Waals surface area (Å²) in [6.07, 6.45) is 80.9. The Morgan fingerprint density at radius 2 is 0.527 bits per heavy atom. The molecule has 0 heterocycles. The molecule has 428 valence electrons. The van der Waals surface area contributed by atoms with E-state index in [9.17, 15) is 14.4 Å². The van der Waals surface area contributed by atoms with Gasteiger partial charge in [0, 0.05) is 19.3 Å². The van der Waals surface area contributed by atoms with Crippen molar-refractivity contribution in [3.8, 4) is 0 Å². The molecule has 0 amide bonds. The Bertz CT molecular complexity index is 1370. The van der Waals surface area contributed by atoms with Gasteiger partial charge in [-0.15, -0.1) is 0 Å². The second kappa shape index (κ2) is 62.4. The zero-order valence-corrected chi connectivity index (χ0v) is 49.1. The predicted octanol–water partition coefficient (Wildman–Crippen LogP) is 21.7. The lowest BCUT2D eigenvalue weighted by molar-refractivity contribution is -0.167. The molecule has 0 saturated carbocycles. The summed E-state index contributed by atoms with van der Waals surface area (Å²) in [5.41, 5.74) is 0. The highest BCUT2D eigenvalue weighted by Crippen LogP contribution is 2.17. The van der Waals surface area contributed by atoms with Gasteiger partial charge in [-0.05, 0) is 89.9 Å². The van der Waals surface area contributed by atoms with Crippen LogP contribution in [0.3, 0.4) is 0 Å². The van der Waals surface area contributed by atoms with E-state index in [0.717, 1.165) is 89.9 Å². The topological polar surface area (TPSA) is 78.9 Å². The van der Waals surface area contributed by atoms with Crippen LogP contribution in [0.4, 0.5) is 0 Å². The van der Waals surface area contributed by atoms with Crippen molar-refractivity contribution in [2.45, 2.75) is 329 Å². The zero-order valence-electron chi connectivity index (χ0n) is 49.1. The van der Waals surface area contributed by atoms with Crippen LogP contribution in [-0.4, -0.2) is 37.2 Å². The lowest BCUT2D eigenvalue weighted by Crippen LogP contribution is -2.30. The fraction of sp³-hybridized carbons (Fsp3) is 0.779. The van der Waals surface area contributed by atoms with Gasteiger partial charge >= 0.3 is 17.9 Å². The van der Waals surface area contributed by atoms with E-state index in [1.54, 1.807) is 0 Å². The van der Waals surface area contributed by atoms with Gasteiger partial charge in [0.15, 0.2) is 6.10 Å². The summed E-state index contributed by atoms with van der Waals surface area (Å²) in [6, 6.07) is 0. The molecular weight excluding hydrogens is 913 g/mol. The van der Waals surface area contributed by atoms with E-state index in [1.807, 2.05) is 0 Å². The van der Waals surface area contributed by atoms with Crippen LogP contribution in [0.25, 0.3) is 0 Å². The van der Waals surface area contributed by atoms with E-state index >= 15 is 0 Å². The monoisotopic (exact) mass is 1030 g/mol. The van der Waals surface area contributed by atoms with Crippen molar-refractivity contribution < 1.29 is 28.6 Å². The first-order chi connectivity index (χ1) is 36.5. The number of esters is 3. The molecule has 74 heavy (non-hydrogen) atoms. The fourth-order valence-corrected chi connectivity index (χ4v) is 9.17. The summed E-state index contributed by atoms with van der Waals surface area (Å²) < 4.78 is 16.8. The highest BCUT2D eigenvalue weighted by molar-refractivity contribution is 5.71. The Balaban J connectivity index is 4.07. The quantitative estimate of drug-likeness (QED) is 0.0261. The molecule has 0 bridgehead atoms. The van der Waals surface area contributed by atoms with Gasteiger partial charge in [-0.1, -0.05) is 286 Å². The number of unbranched alkanes of at least 4 members (excludes halogenated alkanes) is 35. The average molecular weight is 1030 g/mol. The molecule has 0 aromatic heterocycles. The van der Waals surface area contributed by atoms with Gasteiger partial charge in [-0.2, -0.15) is 0 Å². The number of allylic oxidation sites excluding steroid dienone is 12. The molecule has 0 aliphatic heterocycles. The molecule has 0 aromatic carbocycles. The van der Waals surface area contributed by atoms with Crippen molar-refractivity contribution in [3.63, 3.8) is 0 Å². The third-order valence-corrected chi connectivity index (χ3v) is 13.9. The lowest BCUT2D eigenvalue weighted by atomic mass is 10.0. The molecule has 1 unspecified atom stereocenters. The fourth-order valence-electron chi connectivity index (χ4n) is 9.17. The average Bonchev–Trinajstić information content (AvgIpc) is 3.40. The molecular formula is C68H120O6. The van der Waals surface area contributed by atoms with E-state index in [1.165, 1.54) is 193 Å². The van der Waals surface area contributed by atoms with E-state index in [-0.39, 0.29) is 31.1 Å². The second-order valence-corrected chi connectivity index (χ2v) is 21.3. The van der Waals surface area contributed by atoms with E-state index in [4.69, 9.17) is 14.2 Å². The van der Waals surface area contributed by atoms with Crippen LogP contribution in [0.1, 0.15) is 323 Å². The van der Waals surface area contributed by atoms with Crippen molar-refractivity contribution in [1.82, 2.24) is 0 Å². The smallest absolute Gasteiger partial charge is 0.306 e. The molecule has 0 aromatic rings. The molecule has 0 fully saturated rings. The first-order valence-electron chi connectivity index (χ1n) is 31.9. The molecule has 6 heteroatoms. The predicted molar refractivity (Wildman–Crippen MR) is 321 cm³/mol. The number of carbonyl (C=O) groups excluding carboxylic acids is 3. The third kappa shape index (κ3) is 59.7. The molecule has 6 nitrogen and oxygen atoms in total. The first kappa shape index (κ1) is 70.8. The molecule has 1 atom stereocenters. The summed E-state index contributed by atoms with van der Waals surface area (Å²) >= 11 is 0. The molecule has 0 rings (SSSR count). The molecule has 0 aliphatic rings. The number of hydrogen-bond acceptors (Lipinski definition) is 6. The van der Waals surface area contributed by atoms with Crippen LogP contribution >= 0.6 is 0 Å². The summed E-state index contributed by atoms with van der Waals surface area (Å²) in [5.74, 6) is -0.876. The normalized spacial score (nSPS) is 12.5. The van der Waals surface area contributed by atoms with E-state index < -0.39 is 6.10 Å². The number of carbonyl (C=O) groups is 3. The third-order valence-electron chi connectivity index (χ3n) is 13.9. The van der Waals surface area contributed by atoms with E-state index in [2.05, 4.69) is 93.7 Å². The second-order valence-electron chi connectivity index (χ2n) is 21.3. The van der Waals surface area contributed by atoms with Gasteiger partial charge in [0.2, 0.25) is 0 Å². The highest BCUT2D eigenvalue weighted by Gasteiger charge is 2.19.